The highest BCUT2D eigenvalue weighted by Crippen LogP contribution is 2.32. The lowest BCUT2D eigenvalue weighted by Crippen LogP contribution is -2.00. The van der Waals surface area contributed by atoms with Crippen molar-refractivity contribution in [3.63, 3.8) is 0 Å². The van der Waals surface area contributed by atoms with Crippen molar-refractivity contribution >= 4 is 11.8 Å². The molecule has 0 N–H and O–H groups in total. The first kappa shape index (κ1) is 22.7. The Morgan fingerprint density at radius 3 is 2.40 bits per heavy atom. The zero-order valence-corrected chi connectivity index (χ0v) is 20.3. The van der Waals surface area contributed by atoms with E-state index in [4.69, 9.17) is 14.0 Å². The maximum absolute atomic E-state index is 5.51. The van der Waals surface area contributed by atoms with E-state index in [0.29, 0.717) is 23.2 Å². The van der Waals surface area contributed by atoms with Crippen molar-refractivity contribution in [2.75, 3.05) is 14.2 Å². The lowest BCUT2D eigenvalue weighted by atomic mass is 10.2. The number of nitrogens with zero attached hydrogens (tertiary/aromatic N) is 5. The first-order chi connectivity index (χ1) is 17.2. The van der Waals surface area contributed by atoms with E-state index in [1.807, 2.05) is 53.1 Å². The van der Waals surface area contributed by atoms with Gasteiger partial charge in [0.25, 0.3) is 0 Å². The van der Waals surface area contributed by atoms with Gasteiger partial charge in [-0.05, 0) is 55.5 Å². The van der Waals surface area contributed by atoms with Crippen LogP contribution in [0, 0.1) is 6.92 Å². The fourth-order valence-electron chi connectivity index (χ4n) is 3.60. The predicted molar refractivity (Wildman–Crippen MR) is 134 cm³/mol. The first-order valence-electron chi connectivity index (χ1n) is 10.9. The predicted octanol–water partition coefficient (Wildman–Crippen LogP) is 5.60. The van der Waals surface area contributed by atoms with E-state index >= 15 is 0 Å². The molecule has 0 saturated heterocycles. The molecule has 0 radical (unpaired) electrons. The summed E-state index contributed by atoms with van der Waals surface area (Å²) in [6.45, 7) is 2.06. The molecule has 2 aromatic heterocycles. The van der Waals surface area contributed by atoms with Gasteiger partial charge >= 0.3 is 0 Å². The van der Waals surface area contributed by atoms with Crippen LogP contribution >= 0.6 is 11.8 Å². The quantitative estimate of drug-likeness (QED) is 0.262. The van der Waals surface area contributed by atoms with E-state index in [1.165, 1.54) is 17.3 Å². The van der Waals surface area contributed by atoms with E-state index in [9.17, 15) is 0 Å². The molecule has 0 unspecified atom stereocenters. The lowest BCUT2D eigenvalue weighted by molar-refractivity contribution is 0.390. The van der Waals surface area contributed by atoms with Crippen LogP contribution in [-0.4, -0.2) is 39.1 Å². The third kappa shape index (κ3) is 4.76. The Morgan fingerprint density at radius 2 is 1.66 bits per heavy atom. The van der Waals surface area contributed by atoms with Crippen LogP contribution in [0.4, 0.5) is 0 Å². The molecule has 176 valence electrons. The van der Waals surface area contributed by atoms with Crippen LogP contribution < -0.4 is 9.47 Å². The highest BCUT2D eigenvalue weighted by atomic mass is 32.2. The maximum atomic E-state index is 5.51. The molecule has 0 aliphatic heterocycles. The maximum Gasteiger partial charge on any atom is 0.237 e. The third-order valence-corrected chi connectivity index (χ3v) is 6.33. The Bertz CT molecular complexity index is 1430. The molecule has 0 aliphatic rings. The Labute approximate surface area is 206 Å². The number of benzene rings is 3. The zero-order valence-electron chi connectivity index (χ0n) is 19.5. The summed E-state index contributed by atoms with van der Waals surface area (Å²) in [5, 5.41) is 13.8. The largest absolute Gasteiger partial charge is 0.497 e. The number of methoxy groups -OCH3 is 2. The second-order valence-electron chi connectivity index (χ2n) is 7.71. The van der Waals surface area contributed by atoms with Crippen LogP contribution in [0.3, 0.4) is 0 Å². The summed E-state index contributed by atoms with van der Waals surface area (Å²) in [6, 6.07) is 23.6. The van der Waals surface area contributed by atoms with E-state index in [0.717, 1.165) is 33.5 Å². The summed E-state index contributed by atoms with van der Waals surface area (Å²) in [4.78, 5) is 4.55. The summed E-state index contributed by atoms with van der Waals surface area (Å²) in [5.41, 5.74) is 3.85. The second kappa shape index (κ2) is 10.0. The van der Waals surface area contributed by atoms with Crippen LogP contribution in [0.1, 0.15) is 11.5 Å². The number of aryl methyl sites for hydroxylation is 1. The monoisotopic (exact) mass is 485 g/mol. The lowest BCUT2D eigenvalue weighted by Gasteiger charge is -2.10. The molecule has 0 amide bonds. The minimum absolute atomic E-state index is 0.439. The molecule has 0 saturated carbocycles. The second-order valence-corrected chi connectivity index (χ2v) is 8.65. The molecule has 0 bridgehead atoms. The molecule has 9 heteroatoms. The summed E-state index contributed by atoms with van der Waals surface area (Å²) in [7, 11) is 3.27. The molecule has 35 heavy (non-hydrogen) atoms. The minimum atomic E-state index is 0.439. The number of hydrogen-bond acceptors (Lipinski definition) is 8. The van der Waals surface area contributed by atoms with Gasteiger partial charge in [0.05, 0.1) is 25.5 Å². The van der Waals surface area contributed by atoms with E-state index in [1.54, 1.807) is 14.2 Å². The number of para-hydroxylation sites is 1. The van der Waals surface area contributed by atoms with E-state index in [-0.39, 0.29) is 0 Å². The Hall–Kier alpha value is -4.11. The topological polar surface area (TPSA) is 88.1 Å². The van der Waals surface area contributed by atoms with Gasteiger partial charge in [0.2, 0.25) is 11.7 Å². The van der Waals surface area contributed by atoms with Crippen molar-refractivity contribution in [3.05, 3.63) is 84.3 Å². The molecule has 0 fully saturated rings. The number of rotatable bonds is 8. The third-order valence-electron chi connectivity index (χ3n) is 5.41. The van der Waals surface area contributed by atoms with Crippen molar-refractivity contribution in [1.29, 1.82) is 0 Å². The normalized spacial score (nSPS) is 10.9. The molecular formula is C26H23N5O3S. The average molecular weight is 486 g/mol. The van der Waals surface area contributed by atoms with Crippen LogP contribution in [-0.2, 0) is 5.75 Å². The number of aromatic nitrogens is 5. The first-order valence-corrected chi connectivity index (χ1v) is 11.9. The van der Waals surface area contributed by atoms with Crippen molar-refractivity contribution in [1.82, 2.24) is 24.9 Å². The molecule has 0 aliphatic carbocycles. The van der Waals surface area contributed by atoms with Gasteiger partial charge in [-0.2, -0.15) is 4.98 Å². The Balaban J connectivity index is 1.44. The standard InChI is InChI=1S/C26H23N5O3S/c1-17-8-12-19(13-9-17)31-25(18-10-14-20(32-2)15-11-18)28-29-26(31)35-16-23-27-24(30-34-23)21-6-4-5-7-22(21)33-3/h4-15H,16H2,1-3H3. The molecular weight excluding hydrogens is 462 g/mol. The highest BCUT2D eigenvalue weighted by molar-refractivity contribution is 7.98. The molecule has 8 nitrogen and oxygen atoms in total. The Kier molecular flexibility index (Phi) is 6.49. The molecule has 0 atom stereocenters. The smallest absolute Gasteiger partial charge is 0.237 e. The molecule has 3 aromatic carbocycles. The van der Waals surface area contributed by atoms with Gasteiger partial charge in [0, 0.05) is 11.3 Å². The minimum Gasteiger partial charge on any atom is -0.497 e. The van der Waals surface area contributed by atoms with Gasteiger partial charge in [-0.15, -0.1) is 10.2 Å². The van der Waals surface area contributed by atoms with Crippen molar-refractivity contribution in [3.8, 4) is 40.0 Å². The van der Waals surface area contributed by atoms with Crippen molar-refractivity contribution < 1.29 is 14.0 Å². The molecule has 5 aromatic rings. The van der Waals surface area contributed by atoms with E-state index < -0.39 is 0 Å². The molecule has 2 heterocycles. The zero-order chi connectivity index (χ0) is 24.2. The summed E-state index contributed by atoms with van der Waals surface area (Å²) < 4.78 is 18.3. The van der Waals surface area contributed by atoms with Crippen LogP contribution in [0.5, 0.6) is 11.5 Å². The number of thioether (sulfide) groups is 1. The van der Waals surface area contributed by atoms with Gasteiger partial charge in [-0.1, -0.05) is 46.7 Å². The molecule has 5 rings (SSSR count). The Morgan fingerprint density at radius 1 is 0.886 bits per heavy atom. The van der Waals surface area contributed by atoms with Crippen LogP contribution in [0.25, 0.3) is 28.5 Å². The summed E-state index contributed by atoms with van der Waals surface area (Å²) in [6.07, 6.45) is 0. The van der Waals surface area contributed by atoms with Gasteiger partial charge in [-0.25, -0.2) is 0 Å². The van der Waals surface area contributed by atoms with Gasteiger partial charge < -0.3 is 14.0 Å². The van der Waals surface area contributed by atoms with Gasteiger partial charge in [0.15, 0.2) is 11.0 Å². The summed E-state index contributed by atoms with van der Waals surface area (Å²) in [5.74, 6) is 3.62. The number of ether oxygens (including phenoxy) is 2. The molecule has 0 spiro atoms. The van der Waals surface area contributed by atoms with Crippen molar-refractivity contribution in [2.45, 2.75) is 17.8 Å². The fourth-order valence-corrected chi connectivity index (χ4v) is 4.38. The SMILES string of the molecule is COc1ccc(-c2nnc(SCc3nc(-c4ccccc4OC)no3)n2-c2ccc(C)cc2)cc1. The van der Waals surface area contributed by atoms with E-state index in [2.05, 4.69) is 51.5 Å². The van der Waals surface area contributed by atoms with Crippen LogP contribution in [0.15, 0.2) is 82.5 Å². The fraction of sp³-hybridized carbons (Fsp3) is 0.154. The van der Waals surface area contributed by atoms with Gasteiger partial charge in [-0.3, -0.25) is 4.57 Å². The average Bonchev–Trinajstić information content (AvgIpc) is 3.55. The summed E-state index contributed by atoms with van der Waals surface area (Å²) >= 11 is 1.48. The van der Waals surface area contributed by atoms with Crippen molar-refractivity contribution in [2.24, 2.45) is 0 Å². The van der Waals surface area contributed by atoms with Crippen LogP contribution in [0.2, 0.25) is 0 Å². The van der Waals surface area contributed by atoms with Gasteiger partial charge in [0.1, 0.15) is 11.5 Å². The highest BCUT2D eigenvalue weighted by Gasteiger charge is 2.19. The number of hydrogen-bond donors (Lipinski definition) is 0.